The summed E-state index contributed by atoms with van der Waals surface area (Å²) in [6.45, 7) is 5.30. The average Bonchev–Trinajstić information content (AvgIpc) is 2.27. The zero-order valence-electron chi connectivity index (χ0n) is 10.8. The van der Waals surface area contributed by atoms with E-state index in [2.05, 4.69) is 4.72 Å². The molecule has 0 radical (unpaired) electrons. The largest absolute Gasteiger partial charge is 0.289 e. The van der Waals surface area contributed by atoms with Gasteiger partial charge in [-0.3, -0.25) is 10.1 Å². The van der Waals surface area contributed by atoms with Crippen molar-refractivity contribution >= 4 is 27.3 Å². The highest BCUT2D eigenvalue weighted by atomic mass is 35.5. The Morgan fingerprint density at radius 2 is 2.00 bits per heavy atom. The molecule has 0 unspecified atom stereocenters. The highest BCUT2D eigenvalue weighted by Crippen LogP contribution is 2.27. The van der Waals surface area contributed by atoms with E-state index in [4.69, 9.17) is 11.6 Å². The van der Waals surface area contributed by atoms with Gasteiger partial charge in [-0.2, -0.15) is 0 Å². The van der Waals surface area contributed by atoms with Crippen LogP contribution >= 0.6 is 11.6 Å². The van der Waals surface area contributed by atoms with Crippen molar-refractivity contribution in [2.75, 3.05) is 0 Å². The smallest absolute Gasteiger partial charge is 0.258 e. The molecule has 0 atom stereocenters. The van der Waals surface area contributed by atoms with Crippen LogP contribution in [0, 0.1) is 10.1 Å². The number of halogens is 1. The van der Waals surface area contributed by atoms with E-state index in [0.717, 1.165) is 6.07 Å². The second-order valence-corrected chi connectivity index (χ2v) is 6.80. The van der Waals surface area contributed by atoms with Crippen LogP contribution in [0.2, 0.25) is 5.02 Å². The summed E-state index contributed by atoms with van der Waals surface area (Å²) >= 11 is 5.64. The van der Waals surface area contributed by atoms with Crippen LogP contribution in [0.25, 0.3) is 0 Å². The maximum absolute atomic E-state index is 12.1. The molecule has 0 aromatic heterocycles. The van der Waals surface area contributed by atoms with Crippen molar-refractivity contribution in [3.63, 3.8) is 0 Å². The van der Waals surface area contributed by atoms with Gasteiger partial charge >= 0.3 is 0 Å². The molecule has 0 bridgehead atoms. The van der Waals surface area contributed by atoms with Crippen LogP contribution in [0.5, 0.6) is 0 Å². The SMILES string of the molecule is CCC(C)(C)NS(=O)(=O)c1ccc(Cl)c([N+](=O)[O-])c1. The molecule has 1 aromatic rings. The van der Waals surface area contributed by atoms with E-state index in [9.17, 15) is 18.5 Å². The fourth-order valence-corrected chi connectivity index (χ4v) is 2.98. The van der Waals surface area contributed by atoms with Gasteiger partial charge in [-0.05, 0) is 32.4 Å². The highest BCUT2D eigenvalue weighted by molar-refractivity contribution is 7.89. The summed E-state index contributed by atoms with van der Waals surface area (Å²) in [5, 5.41) is 10.6. The second-order valence-electron chi connectivity index (χ2n) is 4.71. The van der Waals surface area contributed by atoms with Gasteiger partial charge in [0.25, 0.3) is 5.69 Å². The number of benzene rings is 1. The van der Waals surface area contributed by atoms with Crippen LogP contribution in [-0.4, -0.2) is 18.9 Å². The summed E-state index contributed by atoms with van der Waals surface area (Å²) in [6.07, 6.45) is 0.585. The van der Waals surface area contributed by atoms with Crippen molar-refractivity contribution in [2.45, 2.75) is 37.6 Å². The van der Waals surface area contributed by atoms with Gasteiger partial charge in [0.1, 0.15) is 5.02 Å². The molecule has 0 aliphatic heterocycles. The topological polar surface area (TPSA) is 89.3 Å². The summed E-state index contributed by atoms with van der Waals surface area (Å²) in [5.41, 5.74) is -1.06. The Balaban J connectivity index is 3.23. The highest BCUT2D eigenvalue weighted by Gasteiger charge is 2.26. The van der Waals surface area contributed by atoms with Crippen molar-refractivity contribution < 1.29 is 13.3 Å². The lowest BCUT2D eigenvalue weighted by atomic mass is 10.0. The van der Waals surface area contributed by atoms with E-state index in [0.29, 0.717) is 6.42 Å². The number of nitrogens with one attached hydrogen (secondary N) is 1. The third-order valence-corrected chi connectivity index (χ3v) is 4.73. The number of rotatable bonds is 5. The Hall–Kier alpha value is -1.18. The molecule has 1 N–H and O–H groups in total. The minimum Gasteiger partial charge on any atom is -0.258 e. The second kappa shape index (κ2) is 5.44. The molecule has 0 heterocycles. The first-order valence-corrected chi connectivity index (χ1v) is 7.43. The molecule has 106 valence electrons. The number of nitro groups is 1. The van der Waals surface area contributed by atoms with Gasteiger partial charge in [-0.15, -0.1) is 0 Å². The number of hydrogen-bond donors (Lipinski definition) is 1. The summed E-state index contributed by atoms with van der Waals surface area (Å²) in [7, 11) is -3.82. The van der Waals surface area contributed by atoms with Crippen LogP contribution in [-0.2, 0) is 10.0 Å². The van der Waals surface area contributed by atoms with Crippen molar-refractivity contribution in [3.8, 4) is 0 Å². The zero-order chi connectivity index (χ0) is 14.8. The van der Waals surface area contributed by atoms with E-state index in [1.165, 1.54) is 12.1 Å². The zero-order valence-corrected chi connectivity index (χ0v) is 12.4. The van der Waals surface area contributed by atoms with E-state index >= 15 is 0 Å². The van der Waals surface area contributed by atoms with E-state index in [1.807, 2.05) is 6.92 Å². The van der Waals surface area contributed by atoms with Crippen LogP contribution < -0.4 is 4.72 Å². The fraction of sp³-hybridized carbons (Fsp3) is 0.455. The van der Waals surface area contributed by atoms with Crippen LogP contribution in [0.15, 0.2) is 23.1 Å². The molecular weight excluding hydrogens is 292 g/mol. The summed E-state index contributed by atoms with van der Waals surface area (Å²) < 4.78 is 26.7. The van der Waals surface area contributed by atoms with Gasteiger partial charge in [0.05, 0.1) is 9.82 Å². The molecule has 19 heavy (non-hydrogen) atoms. The average molecular weight is 307 g/mol. The van der Waals surface area contributed by atoms with Crippen LogP contribution in [0.1, 0.15) is 27.2 Å². The third kappa shape index (κ3) is 3.89. The number of sulfonamides is 1. The molecule has 0 aliphatic rings. The van der Waals surface area contributed by atoms with Gasteiger partial charge in [-0.1, -0.05) is 18.5 Å². The lowest BCUT2D eigenvalue weighted by molar-refractivity contribution is -0.384. The predicted molar refractivity (Wildman–Crippen MR) is 72.8 cm³/mol. The number of hydrogen-bond acceptors (Lipinski definition) is 4. The normalized spacial score (nSPS) is 12.4. The molecule has 0 saturated carbocycles. The van der Waals surface area contributed by atoms with E-state index in [-0.39, 0.29) is 9.92 Å². The maximum Gasteiger partial charge on any atom is 0.289 e. The van der Waals surface area contributed by atoms with Crippen molar-refractivity contribution in [2.24, 2.45) is 0 Å². The molecule has 0 saturated heterocycles. The Labute approximate surface area is 117 Å². The fourth-order valence-electron chi connectivity index (χ4n) is 1.29. The lowest BCUT2D eigenvalue weighted by Crippen LogP contribution is -2.42. The molecule has 8 heteroatoms. The summed E-state index contributed by atoms with van der Waals surface area (Å²) in [5.74, 6) is 0. The van der Waals surface area contributed by atoms with Gasteiger partial charge in [-0.25, -0.2) is 13.1 Å². The molecule has 1 rings (SSSR count). The summed E-state index contributed by atoms with van der Waals surface area (Å²) in [4.78, 5) is 9.86. The van der Waals surface area contributed by atoms with Crippen molar-refractivity contribution in [3.05, 3.63) is 33.3 Å². The number of nitrogens with zero attached hydrogens (tertiary/aromatic N) is 1. The van der Waals surface area contributed by atoms with Crippen LogP contribution in [0.3, 0.4) is 0 Å². The molecule has 0 spiro atoms. The lowest BCUT2D eigenvalue weighted by Gasteiger charge is -2.24. The Morgan fingerprint density at radius 3 is 2.47 bits per heavy atom. The van der Waals surface area contributed by atoms with Gasteiger partial charge in [0, 0.05) is 11.6 Å². The molecule has 0 fully saturated rings. The molecule has 1 aromatic carbocycles. The van der Waals surface area contributed by atoms with Gasteiger partial charge < -0.3 is 0 Å². The monoisotopic (exact) mass is 306 g/mol. The number of nitro benzene ring substituents is 1. The Morgan fingerprint density at radius 1 is 1.42 bits per heavy atom. The first-order valence-electron chi connectivity index (χ1n) is 5.57. The van der Waals surface area contributed by atoms with Crippen LogP contribution in [0.4, 0.5) is 5.69 Å². The third-order valence-electron chi connectivity index (χ3n) is 2.72. The van der Waals surface area contributed by atoms with Gasteiger partial charge in [0.15, 0.2) is 0 Å². The van der Waals surface area contributed by atoms with E-state index in [1.54, 1.807) is 13.8 Å². The maximum atomic E-state index is 12.1. The van der Waals surface area contributed by atoms with Crippen molar-refractivity contribution in [1.29, 1.82) is 0 Å². The summed E-state index contributed by atoms with van der Waals surface area (Å²) in [6, 6.07) is 3.40. The van der Waals surface area contributed by atoms with E-state index < -0.39 is 26.2 Å². The first kappa shape index (κ1) is 15.9. The minimum atomic E-state index is -3.82. The molecular formula is C11H15ClN2O4S. The van der Waals surface area contributed by atoms with Gasteiger partial charge in [0.2, 0.25) is 10.0 Å². The Kier molecular flexibility index (Phi) is 4.54. The molecule has 0 amide bonds. The molecule has 6 nitrogen and oxygen atoms in total. The first-order chi connectivity index (χ1) is 8.59. The van der Waals surface area contributed by atoms with Crippen molar-refractivity contribution in [1.82, 2.24) is 4.72 Å². The standard InChI is InChI=1S/C11H15ClN2O4S/c1-4-11(2,3)13-19(17,18)8-5-6-9(12)10(7-8)14(15)16/h5-7,13H,4H2,1-3H3. The quantitative estimate of drug-likeness (QED) is 0.669. The predicted octanol–water partition coefficient (Wildman–Crippen LogP) is 2.72. The molecule has 0 aliphatic carbocycles. The Bertz CT molecular complexity index is 599. The minimum absolute atomic E-state index is 0.0984.